The molecule has 3 amide bonds. The molecule has 2 saturated heterocycles. The molecule has 194 valence electrons. The molecule has 2 fully saturated rings. The van der Waals surface area contributed by atoms with Crippen molar-refractivity contribution >= 4 is 11.9 Å². The number of imide groups is 1. The second kappa shape index (κ2) is 11.3. The molecule has 2 aliphatic rings. The number of piperidine rings is 1. The lowest BCUT2D eigenvalue weighted by Gasteiger charge is -2.44. The van der Waals surface area contributed by atoms with Crippen LogP contribution in [0.3, 0.4) is 0 Å². The van der Waals surface area contributed by atoms with Crippen LogP contribution >= 0.6 is 0 Å². The molecular weight excluding hydrogens is 458 g/mol. The van der Waals surface area contributed by atoms with Crippen LogP contribution in [0, 0.1) is 0 Å². The Morgan fingerprint density at radius 3 is 2.42 bits per heavy atom. The van der Waals surface area contributed by atoms with E-state index in [0.29, 0.717) is 44.7 Å². The maximum absolute atomic E-state index is 13.8. The number of hydrogen-bond donors (Lipinski definition) is 1. The Labute approximate surface area is 213 Å². The van der Waals surface area contributed by atoms with E-state index in [9.17, 15) is 14.7 Å². The summed E-state index contributed by atoms with van der Waals surface area (Å²) in [5.74, 6) is 0.522. The molecule has 2 aliphatic heterocycles. The van der Waals surface area contributed by atoms with Gasteiger partial charge in [0.2, 0.25) is 0 Å². The van der Waals surface area contributed by atoms with Gasteiger partial charge in [0.25, 0.3) is 5.91 Å². The predicted molar refractivity (Wildman–Crippen MR) is 137 cm³/mol. The van der Waals surface area contributed by atoms with E-state index >= 15 is 0 Å². The van der Waals surface area contributed by atoms with Crippen LogP contribution in [0.1, 0.15) is 37.3 Å². The van der Waals surface area contributed by atoms with E-state index in [0.717, 1.165) is 30.6 Å². The molecular formula is C28H37N3O5. The average Bonchev–Trinajstić information content (AvgIpc) is 3.07. The number of carbonyl (C=O) groups excluding carboxylic acids is 2. The van der Waals surface area contributed by atoms with E-state index in [-0.39, 0.29) is 23.7 Å². The summed E-state index contributed by atoms with van der Waals surface area (Å²) in [6.45, 7) is 4.99. The topological polar surface area (TPSA) is 82.6 Å². The maximum Gasteiger partial charge on any atom is 0.327 e. The molecule has 4 rings (SSSR count). The van der Waals surface area contributed by atoms with Crippen molar-refractivity contribution in [2.45, 2.75) is 50.7 Å². The number of phenolic OH excluding ortho intramolecular Hbond substituents is 1. The molecule has 0 radical (unpaired) electrons. The normalized spacial score (nSPS) is 18.8. The van der Waals surface area contributed by atoms with Crippen LogP contribution < -0.4 is 4.74 Å². The molecule has 36 heavy (non-hydrogen) atoms. The summed E-state index contributed by atoms with van der Waals surface area (Å²) in [6.07, 6.45) is 2.71. The van der Waals surface area contributed by atoms with Crippen molar-refractivity contribution in [3.8, 4) is 11.5 Å². The van der Waals surface area contributed by atoms with E-state index < -0.39 is 5.54 Å². The molecule has 1 atom stereocenters. The number of urea groups is 1. The first-order chi connectivity index (χ1) is 17.4. The number of nitrogens with zero attached hydrogens (tertiary/aromatic N) is 3. The first-order valence-electron chi connectivity index (χ1n) is 12.7. The third-order valence-electron chi connectivity index (χ3n) is 7.56. The summed E-state index contributed by atoms with van der Waals surface area (Å²) >= 11 is 0. The molecule has 8 heteroatoms. The van der Waals surface area contributed by atoms with E-state index in [4.69, 9.17) is 9.47 Å². The monoisotopic (exact) mass is 495 g/mol. The fourth-order valence-corrected chi connectivity index (χ4v) is 5.50. The number of aromatic hydroxyl groups is 1. The summed E-state index contributed by atoms with van der Waals surface area (Å²) in [7, 11) is 3.20. The largest absolute Gasteiger partial charge is 0.504 e. The Morgan fingerprint density at radius 1 is 1.03 bits per heavy atom. The lowest BCUT2D eigenvalue weighted by atomic mass is 9.84. The number of rotatable bonds is 10. The zero-order valence-corrected chi connectivity index (χ0v) is 21.5. The lowest BCUT2D eigenvalue weighted by molar-refractivity contribution is -0.136. The predicted octanol–water partition coefficient (Wildman–Crippen LogP) is 3.67. The number of benzene rings is 2. The van der Waals surface area contributed by atoms with Crippen LogP contribution in [-0.2, 0) is 22.5 Å². The summed E-state index contributed by atoms with van der Waals surface area (Å²) in [5.41, 5.74) is 1.24. The second-order valence-corrected chi connectivity index (χ2v) is 9.78. The van der Waals surface area contributed by atoms with Gasteiger partial charge < -0.3 is 24.4 Å². The van der Waals surface area contributed by atoms with Gasteiger partial charge in [-0.1, -0.05) is 36.4 Å². The molecule has 0 aromatic heterocycles. The number of methoxy groups -OCH3 is 2. The van der Waals surface area contributed by atoms with Crippen LogP contribution in [0.15, 0.2) is 48.5 Å². The molecule has 1 N–H and O–H groups in total. The smallest absolute Gasteiger partial charge is 0.327 e. The minimum Gasteiger partial charge on any atom is -0.504 e. The van der Waals surface area contributed by atoms with Gasteiger partial charge in [-0.05, 0) is 55.9 Å². The summed E-state index contributed by atoms with van der Waals surface area (Å²) in [4.78, 5) is 32.9. The first kappa shape index (κ1) is 26.0. The molecule has 2 aromatic rings. The maximum atomic E-state index is 13.8. The minimum absolute atomic E-state index is 0.0793. The Kier molecular flexibility index (Phi) is 8.16. The van der Waals surface area contributed by atoms with Crippen molar-refractivity contribution in [3.05, 3.63) is 59.7 Å². The zero-order chi connectivity index (χ0) is 25.7. The van der Waals surface area contributed by atoms with Crippen LogP contribution in [0.25, 0.3) is 0 Å². The molecule has 2 heterocycles. The van der Waals surface area contributed by atoms with Crippen LogP contribution in [0.2, 0.25) is 0 Å². The summed E-state index contributed by atoms with van der Waals surface area (Å²) < 4.78 is 10.5. The van der Waals surface area contributed by atoms with Crippen molar-refractivity contribution in [1.82, 2.24) is 14.7 Å². The van der Waals surface area contributed by atoms with Crippen molar-refractivity contribution in [2.24, 2.45) is 0 Å². The number of amides is 3. The van der Waals surface area contributed by atoms with Gasteiger partial charge in [0.15, 0.2) is 11.5 Å². The quantitative estimate of drug-likeness (QED) is 0.400. The van der Waals surface area contributed by atoms with Crippen LogP contribution in [0.4, 0.5) is 4.79 Å². The molecule has 1 unspecified atom stereocenters. The highest BCUT2D eigenvalue weighted by Crippen LogP contribution is 2.39. The Bertz CT molecular complexity index is 1050. The number of hydrogen-bond acceptors (Lipinski definition) is 6. The minimum atomic E-state index is -0.794. The van der Waals surface area contributed by atoms with E-state index in [1.807, 2.05) is 47.4 Å². The molecule has 0 bridgehead atoms. The standard InChI is InChI=1S/C28H37N3O5/c1-21(18-23-10-11-24(32)25(19-23)36-3)29-15-12-28(13-16-29)26(33)30(20-22-8-5-4-6-9-22)27(34)31(28)14-7-17-35-2/h4-6,8-11,19,21,32H,7,12-18,20H2,1-3H3. The van der Waals surface area contributed by atoms with E-state index in [1.165, 1.54) is 4.90 Å². The van der Waals surface area contributed by atoms with E-state index in [1.54, 1.807) is 20.3 Å². The highest BCUT2D eigenvalue weighted by Gasteiger charge is 2.57. The number of ether oxygens (including phenoxy) is 2. The second-order valence-electron chi connectivity index (χ2n) is 9.78. The van der Waals surface area contributed by atoms with Gasteiger partial charge >= 0.3 is 6.03 Å². The number of phenols is 1. The fraction of sp³-hybridized carbons (Fsp3) is 0.500. The van der Waals surface area contributed by atoms with Crippen LogP contribution in [-0.4, -0.2) is 83.8 Å². The first-order valence-corrected chi connectivity index (χ1v) is 12.7. The fourth-order valence-electron chi connectivity index (χ4n) is 5.50. The molecule has 2 aromatic carbocycles. The SMILES string of the molecule is COCCCN1C(=O)N(Cc2ccccc2)C(=O)C12CCN(C(C)Cc1ccc(O)c(OC)c1)CC2. The molecule has 1 spiro atoms. The Balaban J connectivity index is 1.47. The van der Waals surface area contributed by atoms with Gasteiger partial charge in [0.05, 0.1) is 13.7 Å². The molecule has 0 aliphatic carbocycles. The summed E-state index contributed by atoms with van der Waals surface area (Å²) in [6, 6.07) is 15.2. The van der Waals surface area contributed by atoms with E-state index in [2.05, 4.69) is 11.8 Å². The van der Waals surface area contributed by atoms with Gasteiger partial charge in [-0.3, -0.25) is 9.69 Å². The highest BCUT2D eigenvalue weighted by molar-refractivity contribution is 6.07. The van der Waals surface area contributed by atoms with Gasteiger partial charge in [-0.15, -0.1) is 0 Å². The number of carbonyl (C=O) groups is 2. The third-order valence-corrected chi connectivity index (χ3v) is 7.56. The van der Waals surface area contributed by atoms with Gasteiger partial charge in [0, 0.05) is 39.4 Å². The van der Waals surface area contributed by atoms with Crippen LogP contribution in [0.5, 0.6) is 11.5 Å². The van der Waals surface area contributed by atoms with Gasteiger partial charge in [-0.2, -0.15) is 0 Å². The third kappa shape index (κ3) is 5.20. The van der Waals surface area contributed by atoms with Crippen molar-refractivity contribution in [3.63, 3.8) is 0 Å². The summed E-state index contributed by atoms with van der Waals surface area (Å²) in [5, 5.41) is 9.89. The van der Waals surface area contributed by atoms with Crippen molar-refractivity contribution in [2.75, 3.05) is 40.5 Å². The van der Waals surface area contributed by atoms with Crippen molar-refractivity contribution < 1.29 is 24.2 Å². The Morgan fingerprint density at radius 2 is 1.75 bits per heavy atom. The zero-order valence-electron chi connectivity index (χ0n) is 21.5. The van der Waals surface area contributed by atoms with Crippen molar-refractivity contribution in [1.29, 1.82) is 0 Å². The lowest BCUT2D eigenvalue weighted by Crippen LogP contribution is -2.58. The van der Waals surface area contributed by atoms with Gasteiger partial charge in [-0.25, -0.2) is 4.79 Å². The number of likely N-dealkylation sites (tertiary alicyclic amines) is 1. The average molecular weight is 496 g/mol. The highest BCUT2D eigenvalue weighted by atomic mass is 16.5. The van der Waals surface area contributed by atoms with Gasteiger partial charge in [0.1, 0.15) is 5.54 Å². The molecule has 8 nitrogen and oxygen atoms in total. The molecule has 0 saturated carbocycles. The Hall–Kier alpha value is -3.10.